The molecule has 2 heterocycles. The standard InChI is InChI=1S/C59H39N5O/c1-6-18-40(19-7-1)55-56(61-54-29-17-16-28-53(54)60-55)43-32-36-49-50-37-35-48(39-52(50)59(51(49)38-43,44-22-10-3-11-23-44)45-24-12-4-13-25-45)64(46-26-14-5-15-27-46)47-33-30-42(31-34-47)58-63-62-57(65-58)41-20-8-2-9-21-41/h1-39H. The van der Waals surface area contributed by atoms with Gasteiger partial charge >= 0.3 is 0 Å². The van der Waals surface area contributed by atoms with Crippen molar-refractivity contribution in [1.29, 1.82) is 0 Å². The minimum Gasteiger partial charge on any atom is -0.416 e. The zero-order valence-electron chi connectivity index (χ0n) is 35.2. The second-order valence-corrected chi connectivity index (χ2v) is 16.2. The van der Waals surface area contributed by atoms with Gasteiger partial charge in [0.2, 0.25) is 11.8 Å². The number of rotatable bonds is 9. The van der Waals surface area contributed by atoms with Crippen molar-refractivity contribution in [2.75, 3.05) is 4.90 Å². The van der Waals surface area contributed by atoms with E-state index >= 15 is 0 Å². The fourth-order valence-electron chi connectivity index (χ4n) is 9.58. The van der Waals surface area contributed by atoms with Gasteiger partial charge in [-0.15, -0.1) is 10.2 Å². The van der Waals surface area contributed by atoms with Gasteiger partial charge in [-0.05, 0) is 112 Å². The minimum absolute atomic E-state index is 0.470. The second-order valence-electron chi connectivity index (χ2n) is 16.2. The molecule has 6 nitrogen and oxygen atoms in total. The van der Waals surface area contributed by atoms with Crippen LogP contribution in [0.15, 0.2) is 241 Å². The van der Waals surface area contributed by atoms with Crippen molar-refractivity contribution in [2.45, 2.75) is 5.41 Å². The van der Waals surface area contributed by atoms with Crippen LogP contribution in [0.25, 0.3) is 67.6 Å². The first kappa shape index (κ1) is 38.0. The zero-order chi connectivity index (χ0) is 43.2. The van der Waals surface area contributed by atoms with Crippen LogP contribution in [0.5, 0.6) is 0 Å². The lowest BCUT2D eigenvalue weighted by atomic mass is 9.67. The molecular formula is C59H39N5O. The van der Waals surface area contributed by atoms with Gasteiger partial charge in [-0.25, -0.2) is 9.97 Å². The number of aromatic nitrogens is 4. The maximum Gasteiger partial charge on any atom is 0.248 e. The average Bonchev–Trinajstić information content (AvgIpc) is 4.00. The molecule has 6 heteroatoms. The van der Waals surface area contributed by atoms with Crippen molar-refractivity contribution in [3.8, 4) is 56.6 Å². The quantitative estimate of drug-likeness (QED) is 0.144. The van der Waals surface area contributed by atoms with Crippen molar-refractivity contribution >= 4 is 28.1 Å². The molecule has 9 aromatic carbocycles. The Kier molecular flexibility index (Phi) is 9.27. The third-order valence-electron chi connectivity index (χ3n) is 12.5. The third-order valence-corrected chi connectivity index (χ3v) is 12.5. The smallest absolute Gasteiger partial charge is 0.248 e. The van der Waals surface area contributed by atoms with Gasteiger partial charge in [0.1, 0.15) is 0 Å². The Hall–Kier alpha value is -8.74. The number of hydrogen-bond acceptors (Lipinski definition) is 6. The van der Waals surface area contributed by atoms with E-state index in [4.69, 9.17) is 14.4 Å². The molecular weight excluding hydrogens is 795 g/mol. The lowest BCUT2D eigenvalue weighted by molar-refractivity contribution is 0.584. The molecule has 1 aliphatic carbocycles. The first-order chi connectivity index (χ1) is 32.2. The number of benzene rings is 9. The molecule has 0 N–H and O–H groups in total. The summed E-state index contributed by atoms with van der Waals surface area (Å²) < 4.78 is 6.15. The summed E-state index contributed by atoms with van der Waals surface area (Å²) in [5.41, 5.74) is 16.7. The summed E-state index contributed by atoms with van der Waals surface area (Å²) in [5.74, 6) is 0.960. The van der Waals surface area contributed by atoms with E-state index in [-0.39, 0.29) is 0 Å². The van der Waals surface area contributed by atoms with Gasteiger partial charge in [-0.3, -0.25) is 0 Å². The van der Waals surface area contributed by atoms with Gasteiger partial charge in [0.05, 0.1) is 27.8 Å². The topological polar surface area (TPSA) is 67.9 Å². The van der Waals surface area contributed by atoms with Crippen LogP contribution in [0, 0.1) is 0 Å². The molecule has 0 aliphatic heterocycles. The van der Waals surface area contributed by atoms with Crippen molar-refractivity contribution in [3.05, 3.63) is 259 Å². The molecule has 0 spiro atoms. The van der Waals surface area contributed by atoms with E-state index in [1.165, 1.54) is 33.4 Å². The fraction of sp³-hybridized carbons (Fsp3) is 0.0169. The molecule has 0 atom stereocenters. The normalized spacial score (nSPS) is 12.4. The molecule has 65 heavy (non-hydrogen) atoms. The largest absolute Gasteiger partial charge is 0.416 e. The van der Waals surface area contributed by atoms with Crippen LogP contribution in [0.2, 0.25) is 0 Å². The van der Waals surface area contributed by atoms with Crippen molar-refractivity contribution in [3.63, 3.8) is 0 Å². The molecule has 0 radical (unpaired) electrons. The van der Waals surface area contributed by atoms with E-state index in [1.807, 2.05) is 60.7 Å². The first-order valence-corrected chi connectivity index (χ1v) is 21.8. The molecule has 2 aromatic heterocycles. The maximum atomic E-state index is 6.15. The fourth-order valence-corrected chi connectivity index (χ4v) is 9.58. The Morgan fingerprint density at radius 1 is 0.338 bits per heavy atom. The third kappa shape index (κ3) is 6.50. The highest BCUT2D eigenvalue weighted by Gasteiger charge is 2.46. The van der Waals surface area contributed by atoms with E-state index in [0.717, 1.165) is 61.7 Å². The van der Waals surface area contributed by atoms with Crippen molar-refractivity contribution in [1.82, 2.24) is 20.2 Å². The average molecular weight is 834 g/mol. The van der Waals surface area contributed by atoms with Gasteiger partial charge in [0.25, 0.3) is 0 Å². The Morgan fingerprint density at radius 2 is 0.754 bits per heavy atom. The van der Waals surface area contributed by atoms with Crippen LogP contribution in [0.3, 0.4) is 0 Å². The van der Waals surface area contributed by atoms with Crippen LogP contribution in [0.4, 0.5) is 17.1 Å². The summed E-state index contributed by atoms with van der Waals surface area (Å²) in [5, 5.41) is 8.76. The number of hydrogen-bond donors (Lipinski definition) is 0. The number of anilines is 3. The molecule has 12 rings (SSSR count). The highest BCUT2D eigenvalue weighted by atomic mass is 16.4. The van der Waals surface area contributed by atoms with Crippen LogP contribution in [-0.2, 0) is 5.41 Å². The van der Waals surface area contributed by atoms with E-state index in [2.05, 4.69) is 191 Å². The molecule has 0 saturated carbocycles. The second kappa shape index (κ2) is 15.9. The van der Waals surface area contributed by atoms with Crippen molar-refractivity contribution in [2.24, 2.45) is 0 Å². The summed E-state index contributed by atoms with van der Waals surface area (Å²) >= 11 is 0. The van der Waals surface area contributed by atoms with Gasteiger partial charge in [0.15, 0.2) is 0 Å². The number of nitrogens with zero attached hydrogens (tertiary/aromatic N) is 5. The Labute approximate surface area is 376 Å². The molecule has 0 unspecified atom stereocenters. The summed E-state index contributed by atoms with van der Waals surface area (Å²) in [6, 6.07) is 82.9. The van der Waals surface area contributed by atoms with Gasteiger partial charge in [0, 0.05) is 39.3 Å². The van der Waals surface area contributed by atoms with Crippen LogP contribution < -0.4 is 4.90 Å². The predicted octanol–water partition coefficient (Wildman–Crippen LogP) is 14.5. The van der Waals surface area contributed by atoms with Crippen molar-refractivity contribution < 1.29 is 4.42 Å². The summed E-state index contributed by atoms with van der Waals surface area (Å²) in [6.07, 6.45) is 0. The van der Waals surface area contributed by atoms with Crippen LogP contribution in [0.1, 0.15) is 22.3 Å². The van der Waals surface area contributed by atoms with E-state index < -0.39 is 5.41 Å². The van der Waals surface area contributed by atoms with E-state index in [0.29, 0.717) is 11.8 Å². The Balaban J connectivity index is 1.05. The maximum absolute atomic E-state index is 6.15. The predicted molar refractivity (Wildman–Crippen MR) is 261 cm³/mol. The SMILES string of the molecule is c1ccc(-c2nnc(-c3ccc(N(c4ccccc4)c4ccc5c(c4)C(c4ccccc4)(c4ccccc4)c4cc(-c6nc7ccccc7nc6-c6ccccc6)ccc4-5)cc3)o2)cc1. The van der Waals surface area contributed by atoms with Gasteiger partial charge in [-0.2, -0.15) is 0 Å². The highest BCUT2D eigenvalue weighted by molar-refractivity contribution is 5.93. The molecule has 1 aliphatic rings. The molecule has 11 aromatic rings. The zero-order valence-corrected chi connectivity index (χ0v) is 35.2. The van der Waals surface area contributed by atoms with E-state index in [9.17, 15) is 0 Å². The monoisotopic (exact) mass is 833 g/mol. The summed E-state index contributed by atoms with van der Waals surface area (Å²) in [4.78, 5) is 12.9. The molecule has 306 valence electrons. The number of fused-ring (bicyclic) bond motifs is 4. The molecule has 0 bridgehead atoms. The lowest BCUT2D eigenvalue weighted by Gasteiger charge is -2.35. The summed E-state index contributed by atoms with van der Waals surface area (Å²) in [7, 11) is 0. The van der Waals surface area contributed by atoms with Gasteiger partial charge < -0.3 is 9.32 Å². The first-order valence-electron chi connectivity index (χ1n) is 21.8. The molecule has 0 fully saturated rings. The molecule has 0 saturated heterocycles. The Morgan fingerprint density at radius 3 is 1.34 bits per heavy atom. The highest BCUT2D eigenvalue weighted by Crippen LogP contribution is 2.58. The van der Waals surface area contributed by atoms with Gasteiger partial charge in [-0.1, -0.05) is 158 Å². The minimum atomic E-state index is -0.684. The van der Waals surface area contributed by atoms with Crippen LogP contribution in [-0.4, -0.2) is 20.2 Å². The van der Waals surface area contributed by atoms with Crippen LogP contribution >= 0.6 is 0 Å². The molecule has 0 amide bonds. The summed E-state index contributed by atoms with van der Waals surface area (Å²) in [6.45, 7) is 0. The lowest BCUT2D eigenvalue weighted by Crippen LogP contribution is -2.28. The number of para-hydroxylation sites is 3. The van der Waals surface area contributed by atoms with E-state index in [1.54, 1.807) is 0 Å². The Bertz CT molecular complexity index is 3430.